The lowest BCUT2D eigenvalue weighted by Crippen LogP contribution is -2.40. The number of hydrogen-bond acceptors (Lipinski definition) is 3. The van der Waals surface area contributed by atoms with Gasteiger partial charge in [0, 0.05) is 19.1 Å². The van der Waals surface area contributed by atoms with Crippen LogP contribution < -0.4 is 5.32 Å². The Morgan fingerprint density at radius 3 is 3.00 bits per heavy atom. The minimum absolute atomic E-state index is 0.413. The number of rotatable bonds is 2. The van der Waals surface area contributed by atoms with Crippen LogP contribution in [0.5, 0.6) is 0 Å². The van der Waals surface area contributed by atoms with Crippen LogP contribution >= 0.6 is 0 Å². The van der Waals surface area contributed by atoms with Gasteiger partial charge in [-0.15, -0.1) is 0 Å². The highest BCUT2D eigenvalue weighted by molar-refractivity contribution is 5.10. The molecule has 2 saturated heterocycles. The molecule has 1 aromatic rings. The lowest BCUT2D eigenvalue weighted by molar-refractivity contribution is 0.220. The van der Waals surface area contributed by atoms with Crippen molar-refractivity contribution in [3.05, 3.63) is 23.7 Å². The van der Waals surface area contributed by atoms with Crippen molar-refractivity contribution in [2.75, 3.05) is 19.6 Å². The number of furan rings is 1. The second-order valence-electron chi connectivity index (χ2n) is 5.54. The van der Waals surface area contributed by atoms with Gasteiger partial charge in [0.2, 0.25) is 0 Å². The summed E-state index contributed by atoms with van der Waals surface area (Å²) in [7, 11) is 0. The number of fused-ring (bicyclic) bond motifs is 1. The van der Waals surface area contributed by atoms with Crippen LogP contribution in [0.25, 0.3) is 0 Å². The first-order valence-corrected chi connectivity index (χ1v) is 6.78. The molecule has 0 aliphatic carbocycles. The Morgan fingerprint density at radius 2 is 2.29 bits per heavy atom. The number of nitrogens with zero attached hydrogens (tertiary/aromatic N) is 1. The van der Waals surface area contributed by atoms with Crippen molar-refractivity contribution in [3.8, 4) is 0 Å². The van der Waals surface area contributed by atoms with Crippen LogP contribution in [-0.2, 0) is 0 Å². The Bertz CT molecular complexity index is 373. The van der Waals surface area contributed by atoms with Gasteiger partial charge in [0.25, 0.3) is 0 Å². The number of likely N-dealkylation sites (tertiary alicyclic amines) is 1. The summed E-state index contributed by atoms with van der Waals surface area (Å²) in [6, 6.07) is 5.31. The SMILES string of the molecule is Cc1ccc(C(C)N2CC3CCCNC3C2)o1. The van der Waals surface area contributed by atoms with E-state index in [1.807, 2.05) is 6.92 Å². The van der Waals surface area contributed by atoms with E-state index >= 15 is 0 Å². The van der Waals surface area contributed by atoms with E-state index in [1.165, 1.54) is 32.5 Å². The predicted molar refractivity (Wildman–Crippen MR) is 67.9 cm³/mol. The predicted octanol–water partition coefficient (Wildman–Crippen LogP) is 2.33. The quantitative estimate of drug-likeness (QED) is 0.851. The molecule has 3 heteroatoms. The normalized spacial score (nSPS) is 31.4. The first kappa shape index (κ1) is 11.3. The minimum Gasteiger partial charge on any atom is -0.465 e. The maximum atomic E-state index is 5.75. The molecule has 0 bridgehead atoms. The summed E-state index contributed by atoms with van der Waals surface area (Å²) in [6.07, 6.45) is 2.72. The van der Waals surface area contributed by atoms with E-state index in [0.29, 0.717) is 12.1 Å². The van der Waals surface area contributed by atoms with E-state index in [9.17, 15) is 0 Å². The molecule has 0 spiro atoms. The molecule has 1 N–H and O–H groups in total. The molecule has 2 aliphatic heterocycles. The van der Waals surface area contributed by atoms with Crippen LogP contribution in [0.3, 0.4) is 0 Å². The zero-order valence-corrected chi connectivity index (χ0v) is 10.8. The average molecular weight is 234 g/mol. The van der Waals surface area contributed by atoms with Gasteiger partial charge in [-0.2, -0.15) is 0 Å². The third-order valence-electron chi connectivity index (χ3n) is 4.35. The third-order valence-corrected chi connectivity index (χ3v) is 4.35. The van der Waals surface area contributed by atoms with Crippen molar-refractivity contribution < 1.29 is 4.42 Å². The van der Waals surface area contributed by atoms with Crippen molar-refractivity contribution >= 4 is 0 Å². The fourth-order valence-electron chi connectivity index (χ4n) is 3.25. The molecule has 3 atom stereocenters. The number of nitrogens with one attached hydrogen (secondary N) is 1. The summed E-state index contributed by atoms with van der Waals surface area (Å²) in [5, 5.41) is 3.65. The van der Waals surface area contributed by atoms with Crippen molar-refractivity contribution in [1.29, 1.82) is 0 Å². The van der Waals surface area contributed by atoms with E-state index < -0.39 is 0 Å². The summed E-state index contributed by atoms with van der Waals surface area (Å²) >= 11 is 0. The van der Waals surface area contributed by atoms with Gasteiger partial charge in [0.1, 0.15) is 11.5 Å². The molecule has 94 valence electrons. The first-order valence-electron chi connectivity index (χ1n) is 6.78. The van der Waals surface area contributed by atoms with Gasteiger partial charge in [0.05, 0.1) is 6.04 Å². The van der Waals surface area contributed by atoms with Crippen molar-refractivity contribution in [2.45, 2.75) is 38.8 Å². The molecule has 17 heavy (non-hydrogen) atoms. The standard InChI is InChI=1S/C14H22N2O/c1-10-5-6-14(17-10)11(2)16-8-12-4-3-7-15-13(12)9-16/h5-6,11-13,15H,3-4,7-9H2,1-2H3. The van der Waals surface area contributed by atoms with E-state index in [-0.39, 0.29) is 0 Å². The minimum atomic E-state index is 0.413. The van der Waals surface area contributed by atoms with Crippen LogP contribution in [0, 0.1) is 12.8 Å². The zero-order valence-electron chi connectivity index (χ0n) is 10.8. The smallest absolute Gasteiger partial charge is 0.121 e. The number of piperidine rings is 1. The van der Waals surface area contributed by atoms with E-state index in [2.05, 4.69) is 29.3 Å². The van der Waals surface area contributed by atoms with Gasteiger partial charge < -0.3 is 9.73 Å². The van der Waals surface area contributed by atoms with E-state index in [1.54, 1.807) is 0 Å². The van der Waals surface area contributed by atoms with E-state index in [4.69, 9.17) is 4.42 Å². The highest BCUT2D eigenvalue weighted by Crippen LogP contribution is 2.31. The van der Waals surface area contributed by atoms with Gasteiger partial charge in [-0.05, 0) is 51.3 Å². The first-order chi connectivity index (χ1) is 8.24. The lowest BCUT2D eigenvalue weighted by Gasteiger charge is -2.24. The maximum absolute atomic E-state index is 5.75. The van der Waals surface area contributed by atoms with Crippen LogP contribution in [0.4, 0.5) is 0 Å². The summed E-state index contributed by atoms with van der Waals surface area (Å²) in [4.78, 5) is 2.56. The molecule has 0 amide bonds. The van der Waals surface area contributed by atoms with Crippen LogP contribution in [0.1, 0.15) is 37.3 Å². The summed E-state index contributed by atoms with van der Waals surface area (Å²) < 4.78 is 5.75. The molecule has 3 rings (SSSR count). The summed E-state index contributed by atoms with van der Waals surface area (Å²) in [5.74, 6) is 2.98. The van der Waals surface area contributed by atoms with Crippen molar-refractivity contribution in [3.63, 3.8) is 0 Å². The van der Waals surface area contributed by atoms with Crippen LogP contribution in [0.2, 0.25) is 0 Å². The summed E-state index contributed by atoms with van der Waals surface area (Å²) in [5.41, 5.74) is 0. The Labute approximate surface area is 103 Å². The fraction of sp³-hybridized carbons (Fsp3) is 0.714. The second kappa shape index (κ2) is 4.46. The Balaban J connectivity index is 1.69. The van der Waals surface area contributed by atoms with Gasteiger partial charge in [-0.3, -0.25) is 4.90 Å². The van der Waals surface area contributed by atoms with Crippen molar-refractivity contribution in [2.24, 2.45) is 5.92 Å². The van der Waals surface area contributed by atoms with Crippen LogP contribution in [-0.4, -0.2) is 30.6 Å². The molecule has 0 saturated carbocycles. The third kappa shape index (κ3) is 2.14. The molecular weight excluding hydrogens is 212 g/mol. The Hall–Kier alpha value is -0.800. The topological polar surface area (TPSA) is 28.4 Å². The molecule has 3 unspecified atom stereocenters. The van der Waals surface area contributed by atoms with Gasteiger partial charge >= 0.3 is 0 Å². The lowest BCUT2D eigenvalue weighted by atomic mass is 9.94. The van der Waals surface area contributed by atoms with Gasteiger partial charge in [-0.25, -0.2) is 0 Å². The molecule has 3 heterocycles. The molecule has 2 fully saturated rings. The maximum Gasteiger partial charge on any atom is 0.121 e. The highest BCUT2D eigenvalue weighted by atomic mass is 16.3. The molecular formula is C14H22N2O. The molecule has 2 aliphatic rings. The largest absolute Gasteiger partial charge is 0.465 e. The van der Waals surface area contributed by atoms with Gasteiger partial charge in [0.15, 0.2) is 0 Å². The summed E-state index contributed by atoms with van der Waals surface area (Å²) in [6.45, 7) is 7.87. The van der Waals surface area contributed by atoms with Crippen molar-refractivity contribution in [1.82, 2.24) is 10.2 Å². The molecule has 1 aromatic heterocycles. The number of aryl methyl sites for hydroxylation is 1. The molecule has 0 aromatic carbocycles. The van der Waals surface area contributed by atoms with Crippen LogP contribution in [0.15, 0.2) is 16.5 Å². The molecule has 3 nitrogen and oxygen atoms in total. The monoisotopic (exact) mass is 234 g/mol. The second-order valence-corrected chi connectivity index (χ2v) is 5.54. The zero-order chi connectivity index (χ0) is 11.8. The highest BCUT2D eigenvalue weighted by Gasteiger charge is 2.36. The number of hydrogen-bond donors (Lipinski definition) is 1. The fourth-order valence-corrected chi connectivity index (χ4v) is 3.25. The Morgan fingerprint density at radius 1 is 1.41 bits per heavy atom. The molecule has 0 radical (unpaired) electrons. The van der Waals surface area contributed by atoms with Gasteiger partial charge in [-0.1, -0.05) is 0 Å². The average Bonchev–Trinajstić information content (AvgIpc) is 2.93. The Kier molecular flexibility index (Phi) is 2.97. The van der Waals surface area contributed by atoms with E-state index in [0.717, 1.165) is 17.4 Å².